The summed E-state index contributed by atoms with van der Waals surface area (Å²) >= 11 is 0. The average molecular weight is 396 g/mol. The van der Waals surface area contributed by atoms with Crippen molar-refractivity contribution in [2.45, 2.75) is 40.5 Å². The van der Waals surface area contributed by atoms with E-state index in [0.29, 0.717) is 5.92 Å². The molecule has 0 radical (unpaired) electrons. The van der Waals surface area contributed by atoms with Crippen LogP contribution in [0.2, 0.25) is 0 Å². The van der Waals surface area contributed by atoms with Crippen molar-refractivity contribution in [2.75, 3.05) is 39.3 Å². The van der Waals surface area contributed by atoms with Crippen molar-refractivity contribution < 1.29 is 0 Å². The number of aliphatic imine (C=N–C) groups is 1. The lowest BCUT2D eigenvalue weighted by molar-refractivity contribution is 0.187. The standard InChI is InChI=1S/C15H32N4.HI/c1-5-16-15(18-11-13(2)3)17-8-10-19-9-6-7-14(4)12-19;/h13-14H,5-12H2,1-4H3,(H2,16,17,18);1H. The number of piperidine rings is 1. The smallest absolute Gasteiger partial charge is 0.191 e. The minimum Gasteiger partial charge on any atom is -0.357 e. The van der Waals surface area contributed by atoms with Gasteiger partial charge in [0.05, 0.1) is 0 Å². The molecule has 0 spiro atoms. The molecule has 0 bridgehead atoms. The highest BCUT2D eigenvalue weighted by molar-refractivity contribution is 14.0. The molecule has 0 aromatic rings. The van der Waals surface area contributed by atoms with Gasteiger partial charge in [-0.05, 0) is 38.1 Å². The van der Waals surface area contributed by atoms with E-state index in [0.717, 1.165) is 38.1 Å². The fourth-order valence-electron chi connectivity index (χ4n) is 2.44. The second-order valence-electron chi connectivity index (χ2n) is 6.09. The van der Waals surface area contributed by atoms with Crippen LogP contribution in [0, 0.1) is 11.8 Å². The molecule has 1 unspecified atom stereocenters. The lowest BCUT2D eigenvalue weighted by atomic mass is 10.0. The Bertz CT molecular complexity index is 269. The van der Waals surface area contributed by atoms with Gasteiger partial charge in [-0.2, -0.15) is 0 Å². The molecule has 5 heteroatoms. The van der Waals surface area contributed by atoms with E-state index in [1.54, 1.807) is 0 Å². The Morgan fingerprint density at radius 1 is 1.35 bits per heavy atom. The van der Waals surface area contributed by atoms with Gasteiger partial charge in [0.2, 0.25) is 0 Å². The predicted octanol–water partition coefficient (Wildman–Crippen LogP) is 2.55. The van der Waals surface area contributed by atoms with Crippen LogP contribution in [0.15, 0.2) is 4.99 Å². The fourth-order valence-corrected chi connectivity index (χ4v) is 2.44. The van der Waals surface area contributed by atoms with Crippen molar-refractivity contribution >= 4 is 29.9 Å². The second-order valence-corrected chi connectivity index (χ2v) is 6.09. The zero-order valence-corrected chi connectivity index (χ0v) is 15.9. The average Bonchev–Trinajstić information content (AvgIpc) is 2.36. The zero-order valence-electron chi connectivity index (χ0n) is 13.6. The van der Waals surface area contributed by atoms with Crippen LogP contribution < -0.4 is 10.6 Å². The maximum Gasteiger partial charge on any atom is 0.191 e. The first-order valence-corrected chi connectivity index (χ1v) is 7.86. The first kappa shape index (κ1) is 20.0. The van der Waals surface area contributed by atoms with Gasteiger partial charge in [-0.3, -0.25) is 4.99 Å². The summed E-state index contributed by atoms with van der Waals surface area (Å²) < 4.78 is 0. The van der Waals surface area contributed by atoms with Crippen molar-refractivity contribution in [2.24, 2.45) is 16.8 Å². The molecule has 1 aliphatic heterocycles. The Hall–Kier alpha value is -0.0400. The van der Waals surface area contributed by atoms with E-state index in [9.17, 15) is 0 Å². The first-order chi connectivity index (χ1) is 9.11. The van der Waals surface area contributed by atoms with Gasteiger partial charge in [0.25, 0.3) is 0 Å². The Balaban J connectivity index is 0.00000361. The minimum atomic E-state index is 0. The highest BCUT2D eigenvalue weighted by Gasteiger charge is 2.15. The molecule has 120 valence electrons. The van der Waals surface area contributed by atoms with Gasteiger partial charge in [-0.15, -0.1) is 24.0 Å². The zero-order chi connectivity index (χ0) is 14.1. The van der Waals surface area contributed by atoms with Gasteiger partial charge >= 0.3 is 0 Å². The third kappa shape index (κ3) is 9.00. The monoisotopic (exact) mass is 396 g/mol. The molecule has 1 fully saturated rings. The van der Waals surface area contributed by atoms with Crippen molar-refractivity contribution in [1.82, 2.24) is 15.5 Å². The van der Waals surface area contributed by atoms with Crippen LogP contribution in [-0.4, -0.2) is 50.1 Å². The molecule has 2 N–H and O–H groups in total. The largest absolute Gasteiger partial charge is 0.357 e. The van der Waals surface area contributed by atoms with E-state index in [2.05, 4.69) is 48.2 Å². The SMILES string of the molecule is CCNC(=NCC(C)C)NCCN1CCCC(C)C1.I. The first-order valence-electron chi connectivity index (χ1n) is 7.86. The van der Waals surface area contributed by atoms with Crippen LogP contribution in [0.5, 0.6) is 0 Å². The molecular formula is C15H33IN4. The van der Waals surface area contributed by atoms with E-state index >= 15 is 0 Å². The summed E-state index contributed by atoms with van der Waals surface area (Å²) in [5, 5.41) is 6.74. The van der Waals surface area contributed by atoms with Gasteiger partial charge in [0.15, 0.2) is 5.96 Å². The molecule has 1 atom stereocenters. The van der Waals surface area contributed by atoms with E-state index in [-0.39, 0.29) is 24.0 Å². The maximum absolute atomic E-state index is 4.59. The Kier molecular flexibility index (Phi) is 11.6. The van der Waals surface area contributed by atoms with Gasteiger partial charge < -0.3 is 15.5 Å². The normalized spacial score (nSPS) is 20.6. The molecule has 0 amide bonds. The molecule has 0 aromatic heterocycles. The number of guanidine groups is 1. The number of hydrogen-bond donors (Lipinski definition) is 2. The van der Waals surface area contributed by atoms with Crippen LogP contribution in [0.25, 0.3) is 0 Å². The molecule has 20 heavy (non-hydrogen) atoms. The number of rotatable bonds is 6. The highest BCUT2D eigenvalue weighted by atomic mass is 127. The molecule has 1 rings (SSSR count). The Morgan fingerprint density at radius 3 is 2.70 bits per heavy atom. The van der Waals surface area contributed by atoms with Crippen molar-refractivity contribution in [3.63, 3.8) is 0 Å². The van der Waals surface area contributed by atoms with Gasteiger partial charge in [0, 0.05) is 32.7 Å². The predicted molar refractivity (Wildman–Crippen MR) is 99.1 cm³/mol. The maximum atomic E-state index is 4.59. The minimum absolute atomic E-state index is 0. The number of nitrogens with zero attached hydrogens (tertiary/aromatic N) is 2. The fraction of sp³-hybridized carbons (Fsp3) is 0.933. The van der Waals surface area contributed by atoms with Gasteiger partial charge in [-0.25, -0.2) is 0 Å². The van der Waals surface area contributed by atoms with Crippen molar-refractivity contribution in [1.29, 1.82) is 0 Å². The summed E-state index contributed by atoms with van der Waals surface area (Å²) in [7, 11) is 0. The van der Waals surface area contributed by atoms with Crippen LogP contribution in [0.1, 0.15) is 40.5 Å². The van der Waals surface area contributed by atoms with E-state index in [4.69, 9.17) is 0 Å². The van der Waals surface area contributed by atoms with Gasteiger partial charge in [0.1, 0.15) is 0 Å². The summed E-state index contributed by atoms with van der Waals surface area (Å²) in [4.78, 5) is 7.15. The molecule has 4 nitrogen and oxygen atoms in total. The lowest BCUT2D eigenvalue weighted by Gasteiger charge is -2.30. The summed E-state index contributed by atoms with van der Waals surface area (Å²) in [6.45, 7) is 15.3. The Morgan fingerprint density at radius 2 is 2.10 bits per heavy atom. The van der Waals surface area contributed by atoms with E-state index in [1.807, 2.05) is 0 Å². The molecular weight excluding hydrogens is 363 g/mol. The summed E-state index contributed by atoms with van der Waals surface area (Å²) in [6.07, 6.45) is 2.74. The quantitative estimate of drug-likeness (QED) is 0.412. The lowest BCUT2D eigenvalue weighted by Crippen LogP contribution is -2.43. The molecule has 1 saturated heterocycles. The molecule has 1 heterocycles. The van der Waals surface area contributed by atoms with Crippen LogP contribution in [0.3, 0.4) is 0 Å². The van der Waals surface area contributed by atoms with Crippen LogP contribution in [-0.2, 0) is 0 Å². The molecule has 0 aliphatic carbocycles. The third-order valence-electron chi connectivity index (χ3n) is 3.42. The second kappa shape index (κ2) is 11.6. The van der Waals surface area contributed by atoms with Crippen LogP contribution in [0.4, 0.5) is 0 Å². The van der Waals surface area contributed by atoms with Crippen LogP contribution >= 0.6 is 24.0 Å². The van der Waals surface area contributed by atoms with Crippen molar-refractivity contribution in [3.05, 3.63) is 0 Å². The molecule has 0 saturated carbocycles. The number of nitrogens with one attached hydrogen (secondary N) is 2. The number of hydrogen-bond acceptors (Lipinski definition) is 2. The number of halogens is 1. The molecule has 1 aliphatic rings. The topological polar surface area (TPSA) is 39.7 Å². The summed E-state index contributed by atoms with van der Waals surface area (Å²) in [5.74, 6) is 2.43. The van der Waals surface area contributed by atoms with Gasteiger partial charge in [-0.1, -0.05) is 20.8 Å². The van der Waals surface area contributed by atoms with Crippen molar-refractivity contribution in [3.8, 4) is 0 Å². The highest BCUT2D eigenvalue weighted by Crippen LogP contribution is 2.14. The van der Waals surface area contributed by atoms with E-state index < -0.39 is 0 Å². The molecule has 0 aromatic carbocycles. The number of likely N-dealkylation sites (tertiary alicyclic amines) is 1. The third-order valence-corrected chi connectivity index (χ3v) is 3.42. The summed E-state index contributed by atoms with van der Waals surface area (Å²) in [5.41, 5.74) is 0. The Labute approximate surface area is 142 Å². The van der Waals surface area contributed by atoms with E-state index in [1.165, 1.54) is 25.9 Å². The summed E-state index contributed by atoms with van der Waals surface area (Å²) in [6, 6.07) is 0.